The number of nitrogens with two attached hydrogens (primary N) is 1. The summed E-state index contributed by atoms with van der Waals surface area (Å²) in [6, 6.07) is 4.95. The van der Waals surface area contributed by atoms with Gasteiger partial charge >= 0.3 is 0 Å². The molecule has 7 heteroatoms. The fraction of sp³-hybridized carbons (Fsp3) is 0.421. The number of benzene rings is 1. The Balaban J connectivity index is 2.02. The molecule has 0 saturated heterocycles. The maximum Gasteiger partial charge on any atom is 0.259 e. The molecule has 3 amide bonds. The number of likely N-dealkylation sites (N-methyl/N-ethyl adjacent to an activating group) is 1. The van der Waals surface area contributed by atoms with Gasteiger partial charge in [0.25, 0.3) is 11.8 Å². The van der Waals surface area contributed by atoms with E-state index in [9.17, 15) is 18.8 Å². The molecule has 1 aromatic carbocycles. The second kappa shape index (κ2) is 6.55. The molecule has 138 valence electrons. The van der Waals surface area contributed by atoms with E-state index in [-0.39, 0.29) is 24.6 Å². The summed E-state index contributed by atoms with van der Waals surface area (Å²) < 4.78 is 14.4. The second-order valence-corrected chi connectivity index (χ2v) is 7.03. The first kappa shape index (κ1) is 18.1. The molecule has 26 heavy (non-hydrogen) atoms. The standard InChI is InChI=1S/C19H22FN3O3/c1-11-4-3-5-12(15(11)20)9-23-10-19(18(21)26,13-6-7-13)8-14(17(23)25)16(24)22-2/h3-5,8,13H,6-7,9-10H2,1-2H3,(H2,21,26)(H,22,24). The zero-order valence-electron chi connectivity index (χ0n) is 14.8. The number of hydrogen-bond donors (Lipinski definition) is 2. The van der Waals surface area contributed by atoms with Gasteiger partial charge in [0.2, 0.25) is 5.91 Å². The molecule has 1 heterocycles. The quantitative estimate of drug-likeness (QED) is 0.769. The highest BCUT2D eigenvalue weighted by Crippen LogP contribution is 2.49. The predicted octanol–water partition coefficient (Wildman–Crippen LogP) is 1.03. The largest absolute Gasteiger partial charge is 0.369 e. The molecule has 0 spiro atoms. The average molecular weight is 359 g/mol. The maximum atomic E-state index is 14.4. The number of aryl methyl sites for hydroxylation is 1. The van der Waals surface area contributed by atoms with Gasteiger partial charge in [0.05, 0.1) is 5.41 Å². The number of primary amides is 1. The Morgan fingerprint density at radius 1 is 1.38 bits per heavy atom. The number of hydrogen-bond acceptors (Lipinski definition) is 3. The van der Waals surface area contributed by atoms with E-state index >= 15 is 0 Å². The normalized spacial score (nSPS) is 22.8. The molecule has 6 nitrogen and oxygen atoms in total. The van der Waals surface area contributed by atoms with Crippen molar-refractivity contribution in [2.75, 3.05) is 13.6 Å². The zero-order valence-corrected chi connectivity index (χ0v) is 14.8. The molecule has 1 aliphatic heterocycles. The molecule has 1 atom stereocenters. The summed E-state index contributed by atoms with van der Waals surface area (Å²) in [5.41, 5.74) is 5.28. The van der Waals surface area contributed by atoms with Crippen molar-refractivity contribution in [2.24, 2.45) is 17.1 Å². The van der Waals surface area contributed by atoms with Crippen molar-refractivity contribution in [2.45, 2.75) is 26.3 Å². The molecule has 3 rings (SSSR count). The topological polar surface area (TPSA) is 92.5 Å². The smallest absolute Gasteiger partial charge is 0.259 e. The number of amides is 3. The average Bonchev–Trinajstić information content (AvgIpc) is 3.45. The molecule has 0 aromatic heterocycles. The van der Waals surface area contributed by atoms with E-state index in [0.717, 1.165) is 12.8 Å². The molecular weight excluding hydrogens is 337 g/mol. The van der Waals surface area contributed by atoms with Gasteiger partial charge in [0.15, 0.2) is 0 Å². The van der Waals surface area contributed by atoms with E-state index in [1.54, 1.807) is 25.1 Å². The van der Waals surface area contributed by atoms with Crippen molar-refractivity contribution in [3.63, 3.8) is 0 Å². The van der Waals surface area contributed by atoms with Crippen LogP contribution in [0.25, 0.3) is 0 Å². The molecule has 1 aromatic rings. The van der Waals surface area contributed by atoms with Gasteiger partial charge in [-0.2, -0.15) is 0 Å². The number of nitrogens with one attached hydrogen (secondary N) is 1. The van der Waals surface area contributed by atoms with Crippen molar-refractivity contribution in [1.29, 1.82) is 0 Å². The van der Waals surface area contributed by atoms with E-state index in [1.807, 2.05) is 0 Å². The molecule has 0 bridgehead atoms. The van der Waals surface area contributed by atoms with Gasteiger partial charge < -0.3 is 16.0 Å². The summed E-state index contributed by atoms with van der Waals surface area (Å²) in [5, 5.41) is 2.43. The fourth-order valence-corrected chi connectivity index (χ4v) is 3.58. The molecule has 2 aliphatic rings. The van der Waals surface area contributed by atoms with Gasteiger partial charge in [0.1, 0.15) is 11.4 Å². The minimum absolute atomic E-state index is 0.00221. The first-order chi connectivity index (χ1) is 12.3. The van der Waals surface area contributed by atoms with Crippen molar-refractivity contribution >= 4 is 17.7 Å². The van der Waals surface area contributed by atoms with Crippen LogP contribution in [0, 0.1) is 24.1 Å². The van der Waals surface area contributed by atoms with Crippen molar-refractivity contribution < 1.29 is 18.8 Å². The highest BCUT2D eigenvalue weighted by Gasteiger charge is 2.53. The van der Waals surface area contributed by atoms with Crippen LogP contribution in [0.15, 0.2) is 29.8 Å². The highest BCUT2D eigenvalue weighted by atomic mass is 19.1. The number of rotatable bonds is 5. The lowest BCUT2D eigenvalue weighted by Crippen LogP contribution is -2.53. The minimum Gasteiger partial charge on any atom is -0.369 e. The van der Waals surface area contributed by atoms with Crippen LogP contribution in [0.2, 0.25) is 0 Å². The van der Waals surface area contributed by atoms with E-state index < -0.39 is 29.0 Å². The Morgan fingerprint density at radius 2 is 2.08 bits per heavy atom. The Morgan fingerprint density at radius 3 is 2.65 bits per heavy atom. The van der Waals surface area contributed by atoms with E-state index in [1.165, 1.54) is 18.0 Å². The summed E-state index contributed by atoms with van der Waals surface area (Å²) in [6.45, 7) is 1.67. The molecular formula is C19H22FN3O3. The van der Waals surface area contributed by atoms with Crippen LogP contribution < -0.4 is 11.1 Å². The Kier molecular flexibility index (Phi) is 4.56. The Hall–Kier alpha value is -2.70. The number of nitrogens with zero attached hydrogens (tertiary/aromatic N) is 1. The molecule has 1 saturated carbocycles. The third-order valence-corrected chi connectivity index (χ3v) is 5.24. The Labute approximate surface area is 151 Å². The third-order valence-electron chi connectivity index (χ3n) is 5.24. The van der Waals surface area contributed by atoms with Gasteiger partial charge in [0, 0.05) is 25.7 Å². The van der Waals surface area contributed by atoms with E-state index in [2.05, 4.69) is 5.32 Å². The van der Waals surface area contributed by atoms with Crippen LogP contribution in [0.4, 0.5) is 4.39 Å². The SMILES string of the molecule is CNC(=O)C1=CC(C(N)=O)(C2CC2)CN(Cc2cccc(C)c2F)C1=O. The molecule has 3 N–H and O–H groups in total. The lowest BCUT2D eigenvalue weighted by molar-refractivity contribution is -0.137. The fourth-order valence-electron chi connectivity index (χ4n) is 3.58. The van der Waals surface area contributed by atoms with Gasteiger partial charge in [-0.3, -0.25) is 14.4 Å². The highest BCUT2D eigenvalue weighted by molar-refractivity contribution is 6.19. The summed E-state index contributed by atoms with van der Waals surface area (Å²) in [5.74, 6) is -2.06. The lowest BCUT2D eigenvalue weighted by atomic mass is 9.76. The summed E-state index contributed by atoms with van der Waals surface area (Å²) >= 11 is 0. The minimum atomic E-state index is -1.09. The van der Waals surface area contributed by atoms with Crippen LogP contribution in [0.3, 0.4) is 0 Å². The summed E-state index contributed by atoms with van der Waals surface area (Å²) in [6.07, 6.45) is 3.04. The second-order valence-electron chi connectivity index (χ2n) is 7.03. The number of carbonyl (C=O) groups is 3. The predicted molar refractivity (Wildman–Crippen MR) is 93.1 cm³/mol. The van der Waals surface area contributed by atoms with Crippen molar-refractivity contribution in [3.8, 4) is 0 Å². The summed E-state index contributed by atoms with van der Waals surface area (Å²) in [7, 11) is 1.42. The molecule has 1 fully saturated rings. The van der Waals surface area contributed by atoms with Crippen LogP contribution in [0.5, 0.6) is 0 Å². The van der Waals surface area contributed by atoms with Gasteiger partial charge in [-0.05, 0) is 37.3 Å². The van der Waals surface area contributed by atoms with Gasteiger partial charge in [-0.15, -0.1) is 0 Å². The first-order valence-electron chi connectivity index (χ1n) is 8.58. The van der Waals surface area contributed by atoms with E-state index in [4.69, 9.17) is 5.73 Å². The van der Waals surface area contributed by atoms with Crippen molar-refractivity contribution in [1.82, 2.24) is 10.2 Å². The first-order valence-corrected chi connectivity index (χ1v) is 8.58. The molecule has 0 radical (unpaired) electrons. The monoisotopic (exact) mass is 359 g/mol. The third kappa shape index (κ3) is 2.98. The number of carbonyl (C=O) groups excluding carboxylic acids is 3. The van der Waals surface area contributed by atoms with Crippen LogP contribution in [-0.4, -0.2) is 36.2 Å². The molecule has 1 aliphatic carbocycles. The van der Waals surface area contributed by atoms with Crippen LogP contribution >= 0.6 is 0 Å². The zero-order chi connectivity index (χ0) is 19.1. The van der Waals surface area contributed by atoms with Gasteiger partial charge in [-0.1, -0.05) is 18.2 Å². The van der Waals surface area contributed by atoms with Crippen LogP contribution in [-0.2, 0) is 20.9 Å². The summed E-state index contributed by atoms with van der Waals surface area (Å²) in [4.78, 5) is 38.6. The van der Waals surface area contributed by atoms with Crippen LogP contribution in [0.1, 0.15) is 24.0 Å². The lowest BCUT2D eigenvalue weighted by Gasteiger charge is -2.39. The number of halogens is 1. The molecule has 1 unspecified atom stereocenters. The van der Waals surface area contributed by atoms with E-state index in [0.29, 0.717) is 11.1 Å². The Bertz CT molecular complexity index is 816. The maximum absolute atomic E-state index is 14.4. The van der Waals surface area contributed by atoms with Gasteiger partial charge in [-0.25, -0.2) is 4.39 Å². The van der Waals surface area contributed by atoms with Crippen molar-refractivity contribution in [3.05, 3.63) is 46.8 Å².